The molecule has 1 heterocycles. The standard InChI is InChI=1S/C37H25N/c1-2-4-12-27(11-3-1)38-36-18-10-9-17-33(36)35-24-26(20-22-37(35)38)25-19-21-32-30-15-6-5-13-28(30)29-14-7-8-16-31(29)34(32)23-25/h1-3,5-24H,4H2. The van der Waals surface area contributed by atoms with Gasteiger partial charge in [-0.05, 0) is 80.2 Å². The third kappa shape index (κ3) is 3.12. The maximum Gasteiger partial charge on any atom is 0.0541 e. The summed E-state index contributed by atoms with van der Waals surface area (Å²) in [7, 11) is 0. The lowest BCUT2D eigenvalue weighted by Crippen LogP contribution is -1.94. The number of rotatable bonds is 2. The molecule has 0 aliphatic heterocycles. The van der Waals surface area contributed by atoms with Crippen LogP contribution in [0.15, 0.2) is 140 Å². The van der Waals surface area contributed by atoms with Crippen LogP contribution in [0.1, 0.15) is 6.42 Å². The van der Waals surface area contributed by atoms with Crippen LogP contribution in [0.3, 0.4) is 0 Å². The van der Waals surface area contributed by atoms with Crippen LogP contribution < -0.4 is 0 Å². The largest absolute Gasteiger partial charge is 0.310 e. The summed E-state index contributed by atoms with van der Waals surface area (Å²) in [6.45, 7) is 0. The van der Waals surface area contributed by atoms with Gasteiger partial charge in [0.25, 0.3) is 0 Å². The van der Waals surface area contributed by atoms with Gasteiger partial charge in [0.2, 0.25) is 0 Å². The monoisotopic (exact) mass is 483 g/mol. The molecule has 38 heavy (non-hydrogen) atoms. The summed E-state index contributed by atoms with van der Waals surface area (Å²) in [6, 6.07) is 40.2. The highest BCUT2D eigenvalue weighted by Gasteiger charge is 2.15. The van der Waals surface area contributed by atoms with Gasteiger partial charge in [0.15, 0.2) is 0 Å². The summed E-state index contributed by atoms with van der Waals surface area (Å²) < 4.78 is 2.40. The Morgan fingerprint density at radius 1 is 0.447 bits per heavy atom. The molecule has 1 aliphatic carbocycles. The highest BCUT2D eigenvalue weighted by Crippen LogP contribution is 2.39. The van der Waals surface area contributed by atoms with E-state index < -0.39 is 0 Å². The van der Waals surface area contributed by atoms with E-state index in [0.717, 1.165) is 6.42 Å². The molecule has 7 aromatic rings. The number of nitrogens with zero attached hydrogens (tertiary/aromatic N) is 1. The fraction of sp³-hybridized carbons (Fsp3) is 0.0270. The van der Waals surface area contributed by atoms with E-state index in [1.807, 2.05) is 0 Å². The molecule has 1 heteroatoms. The first-order chi connectivity index (χ1) is 18.9. The van der Waals surface area contributed by atoms with Crippen molar-refractivity contribution in [1.29, 1.82) is 0 Å². The van der Waals surface area contributed by atoms with Gasteiger partial charge in [-0.15, -0.1) is 0 Å². The molecule has 1 nitrogen and oxygen atoms in total. The summed E-state index contributed by atoms with van der Waals surface area (Å²) in [5, 5.41) is 10.4. The van der Waals surface area contributed by atoms with Crippen LogP contribution in [0.5, 0.6) is 0 Å². The Hall–Kier alpha value is -4.88. The quantitative estimate of drug-likeness (QED) is 0.216. The zero-order valence-electron chi connectivity index (χ0n) is 20.9. The van der Waals surface area contributed by atoms with Crippen LogP contribution in [0.4, 0.5) is 0 Å². The highest BCUT2D eigenvalue weighted by atomic mass is 15.0. The molecule has 0 radical (unpaired) electrons. The van der Waals surface area contributed by atoms with Crippen molar-refractivity contribution in [3.05, 3.63) is 140 Å². The molecule has 0 atom stereocenters. The van der Waals surface area contributed by atoms with Crippen molar-refractivity contribution in [3.8, 4) is 11.1 Å². The lowest BCUT2D eigenvalue weighted by molar-refractivity contribution is 1.22. The normalized spacial score (nSPS) is 13.6. The SMILES string of the molecule is C1=CCC=C(n2c3ccccc3c3cc(-c4ccc5c6ccccc6c6ccccc6c5c4)ccc32)C=C1. The van der Waals surface area contributed by atoms with Crippen molar-refractivity contribution in [1.82, 2.24) is 4.57 Å². The average molecular weight is 484 g/mol. The number of aromatic nitrogens is 1. The second-order valence-corrected chi connectivity index (χ2v) is 10.1. The molecule has 0 amide bonds. The van der Waals surface area contributed by atoms with Gasteiger partial charge in [-0.1, -0.05) is 109 Å². The predicted molar refractivity (Wildman–Crippen MR) is 165 cm³/mol. The van der Waals surface area contributed by atoms with E-state index in [9.17, 15) is 0 Å². The predicted octanol–water partition coefficient (Wildman–Crippen LogP) is 10.3. The van der Waals surface area contributed by atoms with Crippen LogP contribution in [0.2, 0.25) is 0 Å². The molecule has 0 fully saturated rings. The summed E-state index contributed by atoms with van der Waals surface area (Å²) >= 11 is 0. The summed E-state index contributed by atoms with van der Waals surface area (Å²) in [4.78, 5) is 0. The fourth-order valence-corrected chi connectivity index (χ4v) is 6.25. The maximum atomic E-state index is 2.40. The Kier molecular flexibility index (Phi) is 4.65. The zero-order chi connectivity index (χ0) is 25.1. The number of para-hydroxylation sites is 1. The lowest BCUT2D eigenvalue weighted by atomic mass is 9.92. The van der Waals surface area contributed by atoms with E-state index >= 15 is 0 Å². The van der Waals surface area contributed by atoms with Crippen LogP contribution in [-0.2, 0) is 0 Å². The summed E-state index contributed by atoms with van der Waals surface area (Å²) in [5.41, 5.74) is 6.19. The first-order valence-electron chi connectivity index (χ1n) is 13.3. The third-order valence-corrected chi connectivity index (χ3v) is 7.99. The topological polar surface area (TPSA) is 4.93 Å². The van der Waals surface area contributed by atoms with Gasteiger partial charge in [-0.2, -0.15) is 0 Å². The van der Waals surface area contributed by atoms with Crippen molar-refractivity contribution in [2.24, 2.45) is 0 Å². The lowest BCUT2D eigenvalue weighted by Gasteiger charge is -2.12. The number of fused-ring (bicyclic) bond motifs is 9. The molecule has 1 aromatic heterocycles. The Morgan fingerprint density at radius 2 is 1.00 bits per heavy atom. The molecule has 6 aromatic carbocycles. The Bertz CT molecular complexity index is 2110. The smallest absolute Gasteiger partial charge is 0.0541 e. The minimum absolute atomic E-state index is 0.939. The second kappa shape index (κ2) is 8.33. The minimum Gasteiger partial charge on any atom is -0.310 e. The first kappa shape index (κ1) is 21.2. The van der Waals surface area contributed by atoms with E-state index in [-0.39, 0.29) is 0 Å². The number of allylic oxidation sites excluding steroid dienone is 6. The van der Waals surface area contributed by atoms with Crippen molar-refractivity contribution < 1.29 is 0 Å². The van der Waals surface area contributed by atoms with E-state index in [1.54, 1.807) is 0 Å². The van der Waals surface area contributed by atoms with E-state index in [1.165, 1.54) is 70.9 Å². The molecular weight excluding hydrogens is 458 g/mol. The van der Waals surface area contributed by atoms with E-state index in [4.69, 9.17) is 0 Å². The number of hydrogen-bond donors (Lipinski definition) is 0. The van der Waals surface area contributed by atoms with Gasteiger partial charge in [0, 0.05) is 16.5 Å². The maximum absolute atomic E-state index is 2.40. The molecule has 0 unspecified atom stereocenters. The van der Waals surface area contributed by atoms with Crippen molar-refractivity contribution in [3.63, 3.8) is 0 Å². The molecular formula is C37H25N. The molecule has 0 saturated heterocycles. The Morgan fingerprint density at radius 3 is 1.74 bits per heavy atom. The molecule has 1 aliphatic rings. The molecule has 8 rings (SSSR count). The highest BCUT2D eigenvalue weighted by molar-refractivity contribution is 6.25. The van der Waals surface area contributed by atoms with Gasteiger partial charge in [0.05, 0.1) is 11.0 Å². The second-order valence-electron chi connectivity index (χ2n) is 10.1. The van der Waals surface area contributed by atoms with Gasteiger partial charge in [0.1, 0.15) is 0 Å². The number of hydrogen-bond acceptors (Lipinski definition) is 0. The summed E-state index contributed by atoms with van der Waals surface area (Å²) in [6.07, 6.45) is 11.9. The third-order valence-electron chi connectivity index (χ3n) is 7.99. The first-order valence-corrected chi connectivity index (χ1v) is 13.3. The van der Waals surface area contributed by atoms with Crippen molar-refractivity contribution in [2.75, 3.05) is 0 Å². The number of benzene rings is 6. The molecule has 0 saturated carbocycles. The van der Waals surface area contributed by atoms with Crippen LogP contribution in [0, 0.1) is 0 Å². The van der Waals surface area contributed by atoms with Crippen LogP contribution in [0.25, 0.3) is 70.9 Å². The fourth-order valence-electron chi connectivity index (χ4n) is 6.25. The van der Waals surface area contributed by atoms with Crippen LogP contribution in [-0.4, -0.2) is 4.57 Å². The average Bonchev–Trinajstić information content (AvgIpc) is 3.10. The minimum atomic E-state index is 0.939. The molecule has 0 spiro atoms. The molecule has 178 valence electrons. The van der Waals surface area contributed by atoms with Gasteiger partial charge < -0.3 is 4.57 Å². The van der Waals surface area contributed by atoms with E-state index in [2.05, 4.69) is 144 Å². The zero-order valence-corrected chi connectivity index (χ0v) is 20.9. The van der Waals surface area contributed by atoms with Crippen molar-refractivity contribution in [2.45, 2.75) is 6.42 Å². The van der Waals surface area contributed by atoms with E-state index in [0.29, 0.717) is 0 Å². The van der Waals surface area contributed by atoms with Gasteiger partial charge in [-0.3, -0.25) is 0 Å². The molecule has 0 bridgehead atoms. The van der Waals surface area contributed by atoms with Crippen molar-refractivity contribution >= 4 is 59.8 Å². The Balaban J connectivity index is 1.38. The van der Waals surface area contributed by atoms with Gasteiger partial charge in [-0.25, -0.2) is 0 Å². The molecule has 0 N–H and O–H groups in total. The Labute approximate surface area is 221 Å². The van der Waals surface area contributed by atoms with Crippen LogP contribution >= 0.6 is 0 Å². The summed E-state index contributed by atoms with van der Waals surface area (Å²) in [5.74, 6) is 0. The van der Waals surface area contributed by atoms with Gasteiger partial charge >= 0.3 is 0 Å².